The molecular weight excluding hydrogens is 727 g/mol. The monoisotopic (exact) mass is 779 g/mol. The number of allylic oxidation sites excluding steroid dienone is 1. The molecule has 2 aliphatic carbocycles. The van der Waals surface area contributed by atoms with Crippen LogP contribution in [-0.4, -0.2) is 84.9 Å². The van der Waals surface area contributed by atoms with Crippen molar-refractivity contribution in [2.75, 3.05) is 46.3 Å². The average molecular weight is 780 g/mol. The number of hydrogen-bond acceptors (Lipinski definition) is 10. The second-order valence-corrected chi connectivity index (χ2v) is 15.7. The largest absolute Gasteiger partial charge is 0.493 e. The van der Waals surface area contributed by atoms with E-state index < -0.39 is 17.7 Å². The molecule has 10 nitrogen and oxygen atoms in total. The first-order valence-corrected chi connectivity index (χ1v) is 20.6. The fourth-order valence-corrected chi connectivity index (χ4v) is 9.55. The number of unbranched alkanes of at least 4 members (excludes halogenated alkanes) is 2. The van der Waals surface area contributed by atoms with Gasteiger partial charge in [-0.15, -0.1) is 18.3 Å². The standard InChI is InChI=1S/C45H53N3O7S/c1-4-24-54-45-41(48(2)44(51)32-18-16-31(30-46)17-19-32)29-39(47-52-3)37-27-33(12-8-10-22-49)36(15-9-11-23-50)42(43(37)45)38-28-34(20-21-40(38)55-45)53-25-26-56-35-13-6-5-7-14-35/h4-7,13-14,16-21,27-28,33,36,41-43,49-50H,1,8-12,15,22-26,29H2,2-3H3. The van der Waals surface area contributed by atoms with Crippen molar-refractivity contribution in [2.24, 2.45) is 22.9 Å². The Morgan fingerprint density at radius 3 is 2.52 bits per heavy atom. The highest BCUT2D eigenvalue weighted by molar-refractivity contribution is 7.99. The Labute approximate surface area is 334 Å². The maximum absolute atomic E-state index is 14.4. The Balaban J connectivity index is 1.47. The van der Waals surface area contributed by atoms with Gasteiger partial charge in [-0.25, -0.2) is 0 Å². The Morgan fingerprint density at radius 1 is 1.07 bits per heavy atom. The van der Waals surface area contributed by atoms with E-state index in [0.29, 0.717) is 42.7 Å². The molecule has 3 aromatic rings. The van der Waals surface area contributed by atoms with E-state index in [0.717, 1.165) is 54.0 Å². The smallest absolute Gasteiger partial charge is 0.254 e. The number of carbonyl (C=O) groups is 1. The minimum atomic E-state index is -1.35. The number of fused-ring (bicyclic) bond motifs is 2. The predicted octanol–water partition coefficient (Wildman–Crippen LogP) is 7.76. The number of rotatable bonds is 19. The zero-order valence-electron chi connectivity index (χ0n) is 32.3. The average Bonchev–Trinajstić information content (AvgIpc) is 3.23. The van der Waals surface area contributed by atoms with Crippen LogP contribution in [0.25, 0.3) is 0 Å². The number of hydrogen-bond donors (Lipinski definition) is 2. The number of carbonyl (C=O) groups excluding carboxylic acids is 1. The third-order valence-corrected chi connectivity index (χ3v) is 12.2. The van der Waals surface area contributed by atoms with Gasteiger partial charge in [0.25, 0.3) is 5.91 Å². The number of likely N-dealkylation sites (N-methyl/N-ethyl adjacent to an activating group) is 1. The van der Waals surface area contributed by atoms with E-state index in [1.165, 1.54) is 12.0 Å². The predicted molar refractivity (Wildman–Crippen MR) is 218 cm³/mol. The number of nitriles is 1. The van der Waals surface area contributed by atoms with Crippen LogP contribution >= 0.6 is 11.8 Å². The molecule has 6 rings (SSSR count). The van der Waals surface area contributed by atoms with Crippen LogP contribution in [0.1, 0.15) is 72.3 Å². The third-order valence-electron chi connectivity index (χ3n) is 11.3. The first kappa shape index (κ1) is 41.0. The zero-order valence-corrected chi connectivity index (χ0v) is 33.2. The molecule has 1 fully saturated rings. The molecule has 1 saturated carbocycles. The van der Waals surface area contributed by atoms with Crippen molar-refractivity contribution in [3.05, 3.63) is 114 Å². The molecule has 2 N–H and O–H groups in total. The molecule has 11 heteroatoms. The first-order chi connectivity index (χ1) is 27.4. The van der Waals surface area contributed by atoms with Crippen LogP contribution in [0.15, 0.2) is 107 Å². The number of amides is 1. The lowest BCUT2D eigenvalue weighted by Gasteiger charge is -2.59. The lowest BCUT2D eigenvalue weighted by atomic mass is 9.55. The number of ether oxygens (including phenoxy) is 3. The number of benzene rings is 3. The molecule has 0 saturated heterocycles. The van der Waals surface area contributed by atoms with Gasteiger partial charge in [-0.05, 0) is 97.7 Å². The summed E-state index contributed by atoms with van der Waals surface area (Å²) < 4.78 is 20.6. The lowest BCUT2D eigenvalue weighted by molar-refractivity contribution is -0.252. The highest BCUT2D eigenvalue weighted by Gasteiger charge is 2.65. The topological polar surface area (TPSA) is 134 Å². The van der Waals surface area contributed by atoms with Crippen LogP contribution in [0.5, 0.6) is 11.5 Å². The molecule has 3 aromatic carbocycles. The maximum atomic E-state index is 14.4. The number of nitrogens with zero attached hydrogens (tertiary/aromatic N) is 3. The maximum Gasteiger partial charge on any atom is 0.254 e. The highest BCUT2D eigenvalue weighted by Crippen LogP contribution is 2.61. The van der Waals surface area contributed by atoms with Crippen LogP contribution in [0, 0.1) is 29.1 Å². The van der Waals surface area contributed by atoms with Gasteiger partial charge in [0.1, 0.15) is 24.7 Å². The van der Waals surface area contributed by atoms with Gasteiger partial charge in [-0.1, -0.05) is 48.3 Å². The summed E-state index contributed by atoms with van der Waals surface area (Å²) >= 11 is 1.74. The van der Waals surface area contributed by atoms with Gasteiger partial charge >= 0.3 is 0 Å². The summed E-state index contributed by atoms with van der Waals surface area (Å²) in [6.45, 7) is 4.91. The molecule has 0 spiro atoms. The first-order valence-electron chi connectivity index (χ1n) is 19.6. The molecule has 296 valence electrons. The van der Waals surface area contributed by atoms with Crippen LogP contribution in [0.4, 0.5) is 0 Å². The van der Waals surface area contributed by atoms with Crippen molar-refractivity contribution in [1.82, 2.24) is 4.90 Å². The van der Waals surface area contributed by atoms with E-state index in [1.54, 1.807) is 54.1 Å². The molecule has 1 amide bonds. The van der Waals surface area contributed by atoms with Crippen molar-refractivity contribution in [3.63, 3.8) is 0 Å². The van der Waals surface area contributed by atoms with Crippen LogP contribution in [0.3, 0.4) is 0 Å². The van der Waals surface area contributed by atoms with Gasteiger partial charge in [0.2, 0.25) is 5.79 Å². The van der Waals surface area contributed by atoms with Gasteiger partial charge in [0, 0.05) is 54.4 Å². The summed E-state index contributed by atoms with van der Waals surface area (Å²) in [5.41, 5.74) is 3.61. The lowest BCUT2D eigenvalue weighted by Crippen LogP contribution is -2.69. The van der Waals surface area contributed by atoms with E-state index in [4.69, 9.17) is 19.0 Å². The molecule has 0 aromatic heterocycles. The van der Waals surface area contributed by atoms with Crippen molar-refractivity contribution in [3.8, 4) is 17.6 Å². The summed E-state index contributed by atoms with van der Waals surface area (Å²) in [4.78, 5) is 22.7. The molecule has 0 radical (unpaired) electrons. The quantitative estimate of drug-likeness (QED) is 0.0542. The van der Waals surface area contributed by atoms with E-state index >= 15 is 0 Å². The molecule has 3 aliphatic rings. The summed E-state index contributed by atoms with van der Waals surface area (Å²) in [6, 6.07) is 24.4. The van der Waals surface area contributed by atoms with Crippen molar-refractivity contribution in [1.29, 1.82) is 5.26 Å². The summed E-state index contributed by atoms with van der Waals surface area (Å²) in [5.74, 6) is 0.283. The van der Waals surface area contributed by atoms with E-state index in [1.807, 2.05) is 30.3 Å². The van der Waals surface area contributed by atoms with Gasteiger partial charge < -0.3 is 34.2 Å². The van der Waals surface area contributed by atoms with Crippen LogP contribution in [0.2, 0.25) is 0 Å². The van der Waals surface area contributed by atoms with Crippen LogP contribution < -0.4 is 9.47 Å². The molecule has 6 atom stereocenters. The van der Waals surface area contributed by atoms with Gasteiger partial charge in [0.05, 0.1) is 36.5 Å². The third kappa shape index (κ3) is 8.84. The van der Waals surface area contributed by atoms with E-state index in [9.17, 15) is 20.3 Å². The normalized spacial score (nSPS) is 24.2. The fourth-order valence-electron chi connectivity index (χ4n) is 8.80. The second-order valence-electron chi connectivity index (χ2n) is 14.6. The number of oxime groups is 1. The van der Waals surface area contributed by atoms with Crippen molar-refractivity contribution < 1.29 is 34.1 Å². The molecule has 1 heterocycles. The Hall–Kier alpha value is -4.60. The van der Waals surface area contributed by atoms with E-state index in [-0.39, 0.29) is 43.5 Å². The summed E-state index contributed by atoms with van der Waals surface area (Å²) in [7, 11) is 3.30. The highest BCUT2D eigenvalue weighted by atomic mass is 32.2. The zero-order chi connectivity index (χ0) is 39.5. The van der Waals surface area contributed by atoms with Gasteiger partial charge in [0.15, 0.2) is 0 Å². The molecule has 6 unspecified atom stereocenters. The Bertz CT molecular complexity index is 1900. The van der Waals surface area contributed by atoms with Crippen molar-refractivity contribution >= 4 is 23.4 Å². The molecule has 56 heavy (non-hydrogen) atoms. The molecular formula is C45H53N3O7S. The molecule has 0 bridgehead atoms. The minimum absolute atomic E-state index is 0.106. The summed E-state index contributed by atoms with van der Waals surface area (Å²) in [6.07, 6.45) is 9.08. The van der Waals surface area contributed by atoms with Gasteiger partial charge in [-0.3, -0.25) is 4.79 Å². The SMILES string of the molecule is C=CCOC12Oc3ccc(OCCSc4ccccc4)cc3C3C(CCCCO)C(CCCCO)C=C(C(=NOC)CC1N(C)C(=O)c1ccc(C#N)cc1)C32. The van der Waals surface area contributed by atoms with E-state index in [2.05, 4.69) is 42.1 Å². The number of aliphatic hydroxyl groups is 2. The number of thioether (sulfide) groups is 1. The Morgan fingerprint density at radius 2 is 1.82 bits per heavy atom. The van der Waals surface area contributed by atoms with Crippen LogP contribution in [-0.2, 0) is 9.57 Å². The molecule has 1 aliphatic heterocycles. The Kier molecular flexibility index (Phi) is 14.3. The summed E-state index contributed by atoms with van der Waals surface area (Å²) in [5, 5.41) is 33.7. The minimum Gasteiger partial charge on any atom is -0.493 e. The number of aliphatic hydroxyl groups excluding tert-OH is 2. The van der Waals surface area contributed by atoms with Gasteiger partial charge in [-0.2, -0.15) is 5.26 Å². The fraction of sp³-hybridized carbons (Fsp3) is 0.444. The second kappa shape index (κ2) is 19.5. The van der Waals surface area contributed by atoms with Crippen molar-refractivity contribution in [2.45, 2.75) is 67.6 Å².